The molecule has 0 aliphatic carbocycles. The van der Waals surface area contributed by atoms with Gasteiger partial charge in [0.1, 0.15) is 6.54 Å². The lowest BCUT2D eigenvalue weighted by atomic mass is 10.1. The Labute approximate surface area is 147 Å². The van der Waals surface area contributed by atoms with Crippen molar-refractivity contribution in [1.29, 1.82) is 0 Å². The number of pyridine rings is 1. The van der Waals surface area contributed by atoms with Crippen LogP contribution in [0.3, 0.4) is 0 Å². The normalized spacial score (nSPS) is 17.0. The van der Waals surface area contributed by atoms with Gasteiger partial charge in [0.15, 0.2) is 11.6 Å². The van der Waals surface area contributed by atoms with Crippen molar-refractivity contribution in [1.82, 2.24) is 4.98 Å². The Morgan fingerprint density at radius 1 is 1.12 bits per heavy atom. The zero-order chi connectivity index (χ0) is 18.3. The van der Waals surface area contributed by atoms with E-state index in [1.807, 2.05) is 24.3 Å². The molecular weight excluding hydrogens is 338 g/mol. The summed E-state index contributed by atoms with van der Waals surface area (Å²) in [7, 11) is 0. The number of halogens is 2. The van der Waals surface area contributed by atoms with Gasteiger partial charge in [-0.3, -0.25) is 14.7 Å². The second-order valence-electron chi connectivity index (χ2n) is 5.85. The number of urea groups is 1. The molecule has 0 N–H and O–H groups in total. The van der Waals surface area contributed by atoms with Gasteiger partial charge in [-0.1, -0.05) is 24.3 Å². The SMILES string of the molecule is [C-]#[N+]C1CN(c2ccc(F)c(F)c2)C(=O)N1c1cncc2ccccc12. The summed E-state index contributed by atoms with van der Waals surface area (Å²) in [6, 6.07) is 10.2. The lowest BCUT2D eigenvalue weighted by Crippen LogP contribution is -2.34. The molecule has 1 aliphatic heterocycles. The van der Waals surface area contributed by atoms with Gasteiger partial charge in [-0.2, -0.15) is 0 Å². The average Bonchev–Trinajstić information content (AvgIpc) is 3.00. The molecular formula is C19H12F2N4O. The van der Waals surface area contributed by atoms with Crippen LogP contribution in [-0.4, -0.2) is 23.7 Å². The zero-order valence-electron chi connectivity index (χ0n) is 13.4. The van der Waals surface area contributed by atoms with E-state index in [1.165, 1.54) is 22.1 Å². The van der Waals surface area contributed by atoms with Gasteiger partial charge in [0.2, 0.25) is 0 Å². The number of carbonyl (C=O) groups excluding carboxylic acids is 1. The van der Waals surface area contributed by atoms with Crippen LogP contribution in [0, 0.1) is 18.2 Å². The molecule has 0 radical (unpaired) electrons. The van der Waals surface area contributed by atoms with Crippen LogP contribution in [-0.2, 0) is 0 Å². The molecule has 2 aromatic carbocycles. The number of aromatic nitrogens is 1. The highest BCUT2D eigenvalue weighted by Crippen LogP contribution is 2.34. The molecule has 4 rings (SSSR count). The van der Waals surface area contributed by atoms with Crippen molar-refractivity contribution in [2.45, 2.75) is 6.17 Å². The van der Waals surface area contributed by atoms with Gasteiger partial charge < -0.3 is 0 Å². The molecule has 1 unspecified atom stereocenters. The lowest BCUT2D eigenvalue weighted by molar-refractivity contribution is 0.255. The Bertz CT molecular complexity index is 1060. The monoisotopic (exact) mass is 350 g/mol. The van der Waals surface area contributed by atoms with E-state index in [4.69, 9.17) is 6.57 Å². The minimum absolute atomic E-state index is 0.0522. The molecule has 2 amide bonds. The fraction of sp³-hybridized carbons (Fsp3) is 0.105. The highest BCUT2D eigenvalue weighted by Gasteiger charge is 2.44. The standard InChI is InChI=1S/C19H12F2N4O/c1-22-18-11-24(13-6-7-15(20)16(21)8-13)19(26)25(18)17-10-23-9-12-4-2-3-5-14(12)17/h2-10,18H,11H2. The Balaban J connectivity index is 1.80. The molecule has 0 spiro atoms. The molecule has 1 saturated heterocycles. The first-order valence-corrected chi connectivity index (χ1v) is 7.85. The summed E-state index contributed by atoms with van der Waals surface area (Å²) in [5.41, 5.74) is 0.720. The topological polar surface area (TPSA) is 40.8 Å². The second kappa shape index (κ2) is 6.08. The van der Waals surface area contributed by atoms with E-state index in [1.54, 1.807) is 6.20 Å². The fourth-order valence-electron chi connectivity index (χ4n) is 3.10. The van der Waals surface area contributed by atoms with E-state index in [-0.39, 0.29) is 12.2 Å². The number of rotatable bonds is 2. The first kappa shape index (κ1) is 16.0. The van der Waals surface area contributed by atoms with Crippen molar-refractivity contribution in [2.75, 3.05) is 16.3 Å². The molecule has 1 atom stereocenters. The number of fused-ring (bicyclic) bond motifs is 1. The minimum Gasteiger partial charge on any atom is -0.287 e. The molecule has 26 heavy (non-hydrogen) atoms. The highest BCUT2D eigenvalue weighted by molar-refractivity contribution is 6.11. The molecule has 1 aromatic heterocycles. The zero-order valence-corrected chi connectivity index (χ0v) is 13.4. The molecule has 128 valence electrons. The van der Waals surface area contributed by atoms with Gasteiger partial charge in [0, 0.05) is 28.7 Å². The number of nitrogens with zero attached hydrogens (tertiary/aromatic N) is 4. The van der Waals surface area contributed by atoms with Crippen LogP contribution in [0.15, 0.2) is 54.9 Å². The Morgan fingerprint density at radius 2 is 1.92 bits per heavy atom. The summed E-state index contributed by atoms with van der Waals surface area (Å²) in [6.45, 7) is 7.51. The van der Waals surface area contributed by atoms with E-state index in [0.29, 0.717) is 5.69 Å². The van der Waals surface area contributed by atoms with Gasteiger partial charge in [-0.05, 0) is 12.1 Å². The Hall–Kier alpha value is -3.53. The highest BCUT2D eigenvalue weighted by atomic mass is 19.2. The van der Waals surface area contributed by atoms with Gasteiger partial charge in [0.25, 0.3) is 0 Å². The van der Waals surface area contributed by atoms with Crippen LogP contribution in [0.2, 0.25) is 0 Å². The van der Waals surface area contributed by atoms with Crippen molar-refractivity contribution in [3.8, 4) is 0 Å². The third-order valence-electron chi connectivity index (χ3n) is 4.35. The van der Waals surface area contributed by atoms with Gasteiger partial charge in [0.05, 0.1) is 11.9 Å². The number of hydrogen-bond acceptors (Lipinski definition) is 2. The molecule has 1 fully saturated rings. The Morgan fingerprint density at radius 3 is 2.69 bits per heavy atom. The fourth-order valence-corrected chi connectivity index (χ4v) is 3.10. The van der Waals surface area contributed by atoms with E-state index in [9.17, 15) is 13.6 Å². The summed E-state index contributed by atoms with van der Waals surface area (Å²) in [4.78, 5) is 23.3. The predicted molar refractivity (Wildman–Crippen MR) is 93.7 cm³/mol. The maximum absolute atomic E-state index is 13.6. The van der Waals surface area contributed by atoms with Crippen molar-refractivity contribution < 1.29 is 13.6 Å². The number of anilines is 2. The van der Waals surface area contributed by atoms with E-state index in [2.05, 4.69) is 9.83 Å². The third-order valence-corrected chi connectivity index (χ3v) is 4.35. The average molecular weight is 350 g/mol. The van der Waals surface area contributed by atoms with Crippen molar-refractivity contribution in [3.63, 3.8) is 0 Å². The van der Waals surface area contributed by atoms with Crippen LogP contribution >= 0.6 is 0 Å². The van der Waals surface area contributed by atoms with Crippen LogP contribution in [0.4, 0.5) is 25.0 Å². The van der Waals surface area contributed by atoms with Crippen molar-refractivity contribution in [2.24, 2.45) is 0 Å². The van der Waals surface area contributed by atoms with Crippen LogP contribution in [0.1, 0.15) is 0 Å². The lowest BCUT2D eigenvalue weighted by Gasteiger charge is -2.19. The summed E-state index contributed by atoms with van der Waals surface area (Å²) < 4.78 is 26.8. The molecule has 0 saturated carbocycles. The molecule has 0 bridgehead atoms. The summed E-state index contributed by atoms with van der Waals surface area (Å²) in [6.07, 6.45) is 2.43. The number of benzene rings is 2. The van der Waals surface area contributed by atoms with Gasteiger partial charge in [-0.25, -0.2) is 25.0 Å². The van der Waals surface area contributed by atoms with E-state index < -0.39 is 23.8 Å². The van der Waals surface area contributed by atoms with Crippen LogP contribution in [0.25, 0.3) is 15.6 Å². The molecule has 1 aliphatic rings. The maximum atomic E-state index is 13.6. The second-order valence-corrected chi connectivity index (χ2v) is 5.85. The van der Waals surface area contributed by atoms with Crippen LogP contribution in [0.5, 0.6) is 0 Å². The van der Waals surface area contributed by atoms with Crippen molar-refractivity contribution >= 4 is 28.2 Å². The smallest absolute Gasteiger partial charge is 0.287 e. The number of carbonyl (C=O) groups is 1. The first-order valence-electron chi connectivity index (χ1n) is 7.85. The molecule has 7 heteroatoms. The molecule has 2 heterocycles. The number of amides is 2. The first-order chi connectivity index (χ1) is 12.6. The van der Waals surface area contributed by atoms with Crippen molar-refractivity contribution in [3.05, 3.63) is 77.9 Å². The largest absolute Gasteiger partial charge is 0.335 e. The summed E-state index contributed by atoms with van der Waals surface area (Å²) in [5, 5.41) is 1.63. The van der Waals surface area contributed by atoms with E-state index >= 15 is 0 Å². The van der Waals surface area contributed by atoms with Crippen LogP contribution < -0.4 is 9.80 Å². The molecule has 5 nitrogen and oxygen atoms in total. The Kier molecular flexibility index (Phi) is 3.73. The van der Waals surface area contributed by atoms with E-state index in [0.717, 1.165) is 22.9 Å². The molecule has 3 aromatic rings. The van der Waals surface area contributed by atoms with Gasteiger partial charge in [-0.15, -0.1) is 0 Å². The summed E-state index contributed by atoms with van der Waals surface area (Å²) in [5.74, 6) is -2.03. The summed E-state index contributed by atoms with van der Waals surface area (Å²) >= 11 is 0. The minimum atomic E-state index is -1.04. The van der Waals surface area contributed by atoms with Gasteiger partial charge >= 0.3 is 12.2 Å². The predicted octanol–water partition coefficient (Wildman–Crippen LogP) is 4.20. The quantitative estimate of drug-likeness (QED) is 0.650. The maximum Gasteiger partial charge on any atom is 0.335 e. The third kappa shape index (κ3) is 2.43. The number of hydrogen-bond donors (Lipinski definition) is 0.